The van der Waals surface area contributed by atoms with Crippen molar-refractivity contribution in [2.45, 2.75) is 103 Å². The third-order valence-corrected chi connectivity index (χ3v) is 8.80. The Morgan fingerprint density at radius 1 is 0.756 bits per heavy atom. The van der Waals surface area contributed by atoms with Gasteiger partial charge in [0.1, 0.15) is 22.9 Å². The maximum absolute atomic E-state index is 14.9. The largest absolute Gasteiger partial charge is 0.432 e. The van der Waals surface area contributed by atoms with Gasteiger partial charge in [-0.2, -0.15) is 17.6 Å². The van der Waals surface area contributed by atoms with E-state index in [0.717, 1.165) is 30.9 Å². The molecule has 0 radical (unpaired) electrons. The molecule has 0 N–H and O–H groups in total. The molecule has 0 amide bonds. The predicted molar refractivity (Wildman–Crippen MR) is 138 cm³/mol. The standard InChI is InChI=1S/C31H36F8O2/c1-2-3-4-5-18-6-8-19(9-7-18)20-10-12-21(13-11-20)22-14-24(32)28(25(33)15-22)31(38,39)41-23-16-26(34)29(27(35)17-23)40-30(36)37/h14-21,30H,2-13H2,1H3/t18-,19-,20-,21-. The van der Waals surface area contributed by atoms with E-state index in [1.807, 2.05) is 0 Å². The quantitative estimate of drug-likeness (QED) is 0.191. The molecule has 0 atom stereocenters. The zero-order chi connectivity index (χ0) is 29.7. The summed E-state index contributed by atoms with van der Waals surface area (Å²) in [4.78, 5) is 0. The summed E-state index contributed by atoms with van der Waals surface area (Å²) in [6.07, 6.45) is 8.67. The van der Waals surface area contributed by atoms with Gasteiger partial charge in [0.15, 0.2) is 17.4 Å². The van der Waals surface area contributed by atoms with Gasteiger partial charge >= 0.3 is 12.7 Å². The minimum atomic E-state index is -4.65. The Balaban J connectivity index is 1.37. The van der Waals surface area contributed by atoms with E-state index < -0.39 is 53.1 Å². The van der Waals surface area contributed by atoms with Crippen molar-refractivity contribution in [3.63, 3.8) is 0 Å². The van der Waals surface area contributed by atoms with Crippen molar-refractivity contribution in [2.24, 2.45) is 17.8 Å². The summed E-state index contributed by atoms with van der Waals surface area (Å²) in [5.41, 5.74) is -1.43. The van der Waals surface area contributed by atoms with Crippen LogP contribution in [0.2, 0.25) is 0 Å². The van der Waals surface area contributed by atoms with Crippen LogP contribution in [-0.4, -0.2) is 6.61 Å². The van der Waals surface area contributed by atoms with E-state index in [1.54, 1.807) is 0 Å². The summed E-state index contributed by atoms with van der Waals surface area (Å²) in [5, 5.41) is 0. The topological polar surface area (TPSA) is 18.5 Å². The number of halogens is 8. The van der Waals surface area contributed by atoms with Gasteiger partial charge in [-0.15, -0.1) is 0 Å². The van der Waals surface area contributed by atoms with Gasteiger partial charge in [0.05, 0.1) is 0 Å². The molecule has 0 aromatic heterocycles. The summed E-state index contributed by atoms with van der Waals surface area (Å²) < 4.78 is 120. The van der Waals surface area contributed by atoms with E-state index in [2.05, 4.69) is 16.4 Å². The third-order valence-electron chi connectivity index (χ3n) is 8.80. The second-order valence-corrected chi connectivity index (χ2v) is 11.5. The Labute approximate surface area is 235 Å². The molecule has 2 aliphatic carbocycles. The van der Waals surface area contributed by atoms with Crippen molar-refractivity contribution in [1.82, 2.24) is 0 Å². The lowest BCUT2D eigenvalue weighted by Gasteiger charge is -2.38. The van der Waals surface area contributed by atoms with Crippen molar-refractivity contribution in [2.75, 3.05) is 0 Å². The number of alkyl halides is 4. The minimum absolute atomic E-state index is 0.163. The van der Waals surface area contributed by atoms with Gasteiger partial charge in [-0.05, 0) is 79.9 Å². The zero-order valence-corrected chi connectivity index (χ0v) is 23.0. The van der Waals surface area contributed by atoms with Crippen LogP contribution in [0.4, 0.5) is 35.1 Å². The fourth-order valence-corrected chi connectivity index (χ4v) is 6.66. The van der Waals surface area contributed by atoms with Gasteiger partial charge in [0, 0.05) is 12.1 Å². The lowest BCUT2D eigenvalue weighted by Crippen LogP contribution is -2.27. The molecular formula is C31H36F8O2. The van der Waals surface area contributed by atoms with Gasteiger partial charge in [-0.25, -0.2) is 17.6 Å². The SMILES string of the molecule is CCCCC[C@H]1CC[C@H]([C@H]2CC[C@H](c3cc(F)c(C(F)(F)Oc4cc(F)c(OC(F)F)c(F)c4)c(F)c3)CC2)CC1. The van der Waals surface area contributed by atoms with Crippen LogP contribution >= 0.6 is 0 Å². The molecule has 0 heterocycles. The molecule has 4 rings (SSSR count). The predicted octanol–water partition coefficient (Wildman–Crippen LogP) is 10.6. The minimum Gasteiger partial charge on any atom is -0.429 e. The lowest BCUT2D eigenvalue weighted by molar-refractivity contribution is -0.189. The van der Waals surface area contributed by atoms with E-state index in [0.29, 0.717) is 24.7 Å². The second-order valence-electron chi connectivity index (χ2n) is 11.5. The zero-order valence-electron chi connectivity index (χ0n) is 23.0. The summed E-state index contributed by atoms with van der Waals surface area (Å²) in [5.74, 6) is -7.38. The molecule has 0 spiro atoms. The second kappa shape index (κ2) is 13.6. The molecule has 228 valence electrons. The van der Waals surface area contributed by atoms with E-state index in [9.17, 15) is 35.1 Å². The summed E-state index contributed by atoms with van der Waals surface area (Å²) in [6, 6.07) is 2.05. The van der Waals surface area contributed by atoms with Crippen LogP contribution in [0, 0.1) is 41.0 Å². The average Bonchev–Trinajstić information content (AvgIpc) is 2.90. The van der Waals surface area contributed by atoms with Crippen molar-refractivity contribution in [3.8, 4) is 11.5 Å². The summed E-state index contributed by atoms with van der Waals surface area (Å²) >= 11 is 0. The molecule has 2 aliphatic rings. The Morgan fingerprint density at radius 2 is 1.29 bits per heavy atom. The fraction of sp³-hybridized carbons (Fsp3) is 0.613. The van der Waals surface area contributed by atoms with E-state index in [1.165, 1.54) is 51.4 Å². The highest BCUT2D eigenvalue weighted by molar-refractivity contribution is 5.36. The first-order valence-electron chi connectivity index (χ1n) is 14.5. The molecule has 10 heteroatoms. The Morgan fingerprint density at radius 3 is 1.80 bits per heavy atom. The summed E-state index contributed by atoms with van der Waals surface area (Å²) in [7, 11) is 0. The highest BCUT2D eigenvalue weighted by Crippen LogP contribution is 2.46. The summed E-state index contributed by atoms with van der Waals surface area (Å²) in [6.45, 7) is -1.36. The molecule has 0 saturated heterocycles. The van der Waals surface area contributed by atoms with Crippen LogP contribution in [0.25, 0.3) is 0 Å². The molecule has 0 unspecified atom stereocenters. The van der Waals surface area contributed by atoms with Gasteiger partial charge in [-0.1, -0.05) is 45.4 Å². The molecule has 41 heavy (non-hydrogen) atoms. The number of benzene rings is 2. The smallest absolute Gasteiger partial charge is 0.429 e. The van der Waals surface area contributed by atoms with E-state index >= 15 is 0 Å². The first-order chi connectivity index (χ1) is 19.5. The fourth-order valence-electron chi connectivity index (χ4n) is 6.66. The van der Waals surface area contributed by atoms with Gasteiger partial charge in [0.25, 0.3) is 0 Å². The maximum atomic E-state index is 14.9. The number of hydrogen-bond donors (Lipinski definition) is 0. The lowest BCUT2D eigenvalue weighted by atomic mass is 9.68. The molecule has 0 bridgehead atoms. The maximum Gasteiger partial charge on any atom is 0.432 e. The van der Waals surface area contributed by atoms with Crippen LogP contribution in [0.5, 0.6) is 11.5 Å². The Bertz CT molecular complexity index is 1110. The highest BCUT2D eigenvalue weighted by Gasteiger charge is 2.42. The van der Waals surface area contributed by atoms with Crippen LogP contribution in [0.3, 0.4) is 0 Å². The average molecular weight is 593 g/mol. The van der Waals surface area contributed by atoms with Crippen LogP contribution in [0.1, 0.15) is 101 Å². The Kier molecular flexibility index (Phi) is 10.4. The van der Waals surface area contributed by atoms with Crippen LogP contribution in [0.15, 0.2) is 24.3 Å². The number of rotatable bonds is 11. The highest BCUT2D eigenvalue weighted by atomic mass is 19.3. The number of ether oxygens (including phenoxy) is 2. The first-order valence-corrected chi connectivity index (χ1v) is 14.5. The van der Waals surface area contributed by atoms with Gasteiger partial charge in [-0.3, -0.25) is 0 Å². The van der Waals surface area contributed by atoms with Crippen molar-refractivity contribution >= 4 is 0 Å². The number of unbranched alkanes of at least 4 members (excludes halogenated alkanes) is 2. The molecule has 2 aromatic rings. The van der Waals surface area contributed by atoms with E-state index in [-0.39, 0.29) is 23.6 Å². The van der Waals surface area contributed by atoms with Crippen molar-refractivity contribution < 1.29 is 44.6 Å². The third kappa shape index (κ3) is 7.86. The molecule has 0 aliphatic heterocycles. The first kappa shape index (κ1) is 31.4. The van der Waals surface area contributed by atoms with Crippen molar-refractivity contribution in [3.05, 3.63) is 58.7 Å². The molecular weight excluding hydrogens is 556 g/mol. The number of hydrogen-bond acceptors (Lipinski definition) is 2. The Hall–Kier alpha value is -2.52. The van der Waals surface area contributed by atoms with Crippen LogP contribution in [-0.2, 0) is 6.11 Å². The molecule has 2 nitrogen and oxygen atoms in total. The van der Waals surface area contributed by atoms with Gasteiger partial charge < -0.3 is 9.47 Å². The van der Waals surface area contributed by atoms with Crippen molar-refractivity contribution in [1.29, 1.82) is 0 Å². The van der Waals surface area contributed by atoms with E-state index in [4.69, 9.17) is 0 Å². The monoisotopic (exact) mass is 592 g/mol. The molecule has 2 fully saturated rings. The molecule has 2 saturated carbocycles. The van der Waals surface area contributed by atoms with Gasteiger partial charge in [0.2, 0.25) is 0 Å². The molecule has 2 aromatic carbocycles. The normalized spacial score (nSPS) is 23.6. The van der Waals surface area contributed by atoms with Crippen LogP contribution < -0.4 is 9.47 Å².